The van der Waals surface area contributed by atoms with Crippen LogP contribution in [0.25, 0.3) is 10.9 Å². The molecule has 0 saturated heterocycles. The van der Waals surface area contributed by atoms with E-state index in [9.17, 15) is 14.7 Å². The number of phenolic OH excluding ortho intramolecular Hbond substituents is 1. The van der Waals surface area contributed by atoms with E-state index >= 15 is 0 Å². The van der Waals surface area contributed by atoms with Gasteiger partial charge in [-0.3, -0.25) is 14.5 Å². The van der Waals surface area contributed by atoms with Gasteiger partial charge in [0.25, 0.3) is 11.8 Å². The number of imide groups is 1. The van der Waals surface area contributed by atoms with Gasteiger partial charge >= 0.3 is 0 Å². The second-order valence-electron chi connectivity index (χ2n) is 10.1. The maximum absolute atomic E-state index is 12.8. The van der Waals surface area contributed by atoms with Gasteiger partial charge in [-0.1, -0.05) is 53.7 Å². The summed E-state index contributed by atoms with van der Waals surface area (Å²) in [7, 11) is -2.02. The van der Waals surface area contributed by atoms with Crippen molar-refractivity contribution in [2.24, 2.45) is 0 Å². The number of benzene rings is 2. The normalized spacial score (nSPS) is 14.4. The van der Waals surface area contributed by atoms with Crippen molar-refractivity contribution in [2.45, 2.75) is 64.6 Å². The molecule has 174 valence electrons. The number of amides is 2. The second-order valence-corrected chi connectivity index (χ2v) is 15.9. The third-order valence-electron chi connectivity index (χ3n) is 7.55. The zero-order chi connectivity index (χ0) is 24.1. The summed E-state index contributed by atoms with van der Waals surface area (Å²) in [6.45, 7) is 14.3. The van der Waals surface area contributed by atoms with Gasteiger partial charge in [0, 0.05) is 17.4 Å². The molecule has 1 N–H and O–H groups in total. The van der Waals surface area contributed by atoms with Gasteiger partial charge in [0.2, 0.25) is 0 Å². The largest absolute Gasteiger partial charge is 0.508 e. The lowest BCUT2D eigenvalue weighted by Crippen LogP contribution is -2.51. The van der Waals surface area contributed by atoms with Crippen LogP contribution in [0.2, 0.25) is 16.6 Å². The molecule has 0 aliphatic carbocycles. The average molecular weight is 463 g/mol. The highest BCUT2D eigenvalue weighted by Gasteiger charge is 2.46. The summed E-state index contributed by atoms with van der Waals surface area (Å²) in [5.41, 5.74) is 4.72. The summed E-state index contributed by atoms with van der Waals surface area (Å²) < 4.78 is 2.53. The van der Waals surface area contributed by atoms with Gasteiger partial charge in [-0.25, -0.2) is 0 Å². The van der Waals surface area contributed by atoms with Gasteiger partial charge in [0.1, 0.15) is 5.75 Å². The molecule has 2 aromatic carbocycles. The van der Waals surface area contributed by atoms with Crippen molar-refractivity contribution in [3.05, 3.63) is 65.4 Å². The summed E-state index contributed by atoms with van der Waals surface area (Å²) in [4.78, 5) is 27.0. The Morgan fingerprint density at radius 3 is 1.91 bits per heavy atom. The number of phenols is 1. The first-order valence-electron chi connectivity index (χ1n) is 11.9. The molecule has 3 aromatic rings. The fourth-order valence-electron chi connectivity index (χ4n) is 6.31. The highest BCUT2D eigenvalue weighted by atomic mass is 28.3. The third kappa shape index (κ3) is 3.51. The van der Waals surface area contributed by atoms with E-state index in [0.29, 0.717) is 40.7 Å². The first-order valence-corrected chi connectivity index (χ1v) is 14.1. The molecule has 6 heteroatoms. The molecule has 0 spiro atoms. The van der Waals surface area contributed by atoms with Crippen LogP contribution in [0.3, 0.4) is 0 Å². The van der Waals surface area contributed by atoms with Gasteiger partial charge in [-0.2, -0.15) is 0 Å². The molecule has 2 heterocycles. The molecule has 0 atom stereocenters. The van der Waals surface area contributed by atoms with Crippen LogP contribution in [-0.4, -0.2) is 40.8 Å². The summed E-state index contributed by atoms with van der Waals surface area (Å²) in [6, 6.07) is 12.6. The standard InChI is InChI=1S/C27H34N2O3Si/c1-17(2)33(18(3)4,19(5)6)29-16-20(24-15-21(30)11-12-25(24)29)13-14-28-26(31)22-9-7-8-10-23(22)27(28)32/h7-12,15-19,30H,13-14H2,1-6H3. The molecule has 0 radical (unpaired) electrons. The number of hydrogen-bond donors (Lipinski definition) is 1. The minimum atomic E-state index is -2.02. The van der Waals surface area contributed by atoms with Crippen molar-refractivity contribution in [3.63, 3.8) is 0 Å². The van der Waals surface area contributed by atoms with Gasteiger partial charge < -0.3 is 9.34 Å². The fourth-order valence-corrected chi connectivity index (χ4v) is 13.0. The zero-order valence-electron chi connectivity index (χ0n) is 20.4. The van der Waals surface area contributed by atoms with E-state index in [0.717, 1.165) is 16.5 Å². The van der Waals surface area contributed by atoms with Crippen LogP contribution in [0, 0.1) is 0 Å². The lowest BCUT2D eigenvalue weighted by atomic mass is 10.1. The smallest absolute Gasteiger partial charge is 0.261 e. The van der Waals surface area contributed by atoms with E-state index in [1.807, 2.05) is 12.1 Å². The highest BCUT2D eigenvalue weighted by molar-refractivity contribution is 6.82. The van der Waals surface area contributed by atoms with Gasteiger partial charge in [0.15, 0.2) is 8.24 Å². The summed E-state index contributed by atoms with van der Waals surface area (Å²) >= 11 is 0. The molecule has 1 aliphatic heterocycles. The highest BCUT2D eigenvalue weighted by Crippen LogP contribution is 2.45. The Balaban J connectivity index is 1.77. The molecule has 0 fully saturated rings. The Morgan fingerprint density at radius 1 is 0.848 bits per heavy atom. The molecule has 0 bridgehead atoms. The number of aromatic nitrogens is 1. The lowest BCUT2D eigenvalue weighted by molar-refractivity contribution is 0.0656. The Labute approximate surface area is 197 Å². The minimum absolute atomic E-state index is 0.225. The molecule has 5 nitrogen and oxygen atoms in total. The van der Waals surface area contributed by atoms with Crippen molar-refractivity contribution in [3.8, 4) is 5.75 Å². The topological polar surface area (TPSA) is 62.5 Å². The van der Waals surface area contributed by atoms with Crippen molar-refractivity contribution >= 4 is 31.0 Å². The number of hydrogen-bond acceptors (Lipinski definition) is 3. The van der Waals surface area contributed by atoms with Gasteiger partial charge in [0.05, 0.1) is 11.1 Å². The quantitative estimate of drug-likeness (QED) is 0.335. The summed E-state index contributed by atoms with van der Waals surface area (Å²) in [5.74, 6) is -0.219. The molecular formula is C27H34N2O3Si. The first kappa shape index (κ1) is 23.3. The number of carbonyl (C=O) groups is 2. The van der Waals surface area contributed by atoms with E-state index in [2.05, 4.69) is 52.0 Å². The monoisotopic (exact) mass is 462 g/mol. The predicted molar refractivity (Wildman–Crippen MR) is 136 cm³/mol. The number of carbonyl (C=O) groups excluding carboxylic acids is 2. The molecule has 4 rings (SSSR count). The van der Waals surface area contributed by atoms with Crippen LogP contribution in [0.15, 0.2) is 48.7 Å². The van der Waals surface area contributed by atoms with Crippen LogP contribution in [-0.2, 0) is 6.42 Å². The van der Waals surface area contributed by atoms with E-state index < -0.39 is 8.24 Å². The van der Waals surface area contributed by atoms with E-state index in [4.69, 9.17) is 0 Å². The number of nitrogens with zero attached hydrogens (tertiary/aromatic N) is 2. The molecule has 33 heavy (non-hydrogen) atoms. The Hall–Kier alpha value is -2.86. The Bertz CT molecular complexity index is 1170. The van der Waals surface area contributed by atoms with Crippen molar-refractivity contribution in [1.29, 1.82) is 0 Å². The fraction of sp³-hybridized carbons (Fsp3) is 0.407. The van der Waals surface area contributed by atoms with E-state index in [1.54, 1.807) is 30.3 Å². The van der Waals surface area contributed by atoms with Crippen molar-refractivity contribution < 1.29 is 14.7 Å². The SMILES string of the molecule is CC(C)[Si](C(C)C)(C(C)C)n1cc(CCN2C(=O)c3ccccc3C2=O)c2cc(O)ccc21. The molecular weight excluding hydrogens is 428 g/mol. The van der Waals surface area contributed by atoms with Crippen LogP contribution >= 0.6 is 0 Å². The van der Waals surface area contributed by atoms with E-state index in [1.165, 1.54) is 4.90 Å². The summed E-state index contributed by atoms with van der Waals surface area (Å²) in [6.07, 6.45) is 2.80. The average Bonchev–Trinajstić information content (AvgIpc) is 3.22. The minimum Gasteiger partial charge on any atom is -0.508 e. The zero-order valence-corrected chi connectivity index (χ0v) is 21.4. The molecule has 0 saturated carbocycles. The third-order valence-corrected chi connectivity index (χ3v) is 14.3. The number of rotatable bonds is 7. The van der Waals surface area contributed by atoms with Gasteiger partial charge in [-0.15, -0.1) is 0 Å². The predicted octanol–water partition coefficient (Wildman–Crippen LogP) is 6.21. The number of fused-ring (bicyclic) bond motifs is 2. The molecule has 0 unspecified atom stereocenters. The Morgan fingerprint density at radius 2 is 1.39 bits per heavy atom. The Kier molecular flexibility index (Phi) is 5.99. The van der Waals surface area contributed by atoms with Crippen molar-refractivity contribution in [2.75, 3.05) is 6.54 Å². The van der Waals surface area contributed by atoms with Crippen LogP contribution in [0.4, 0.5) is 0 Å². The first-order chi connectivity index (χ1) is 15.6. The molecule has 2 amide bonds. The lowest BCUT2D eigenvalue weighted by Gasteiger charge is -2.44. The van der Waals surface area contributed by atoms with Gasteiger partial charge in [-0.05, 0) is 65.1 Å². The maximum Gasteiger partial charge on any atom is 0.261 e. The molecule has 1 aliphatic rings. The van der Waals surface area contributed by atoms with Crippen LogP contribution in [0.1, 0.15) is 67.8 Å². The maximum atomic E-state index is 12.8. The van der Waals surface area contributed by atoms with E-state index in [-0.39, 0.29) is 17.6 Å². The molecule has 1 aromatic heterocycles. The van der Waals surface area contributed by atoms with Crippen molar-refractivity contribution in [1.82, 2.24) is 9.13 Å². The second kappa shape index (κ2) is 8.49. The van der Waals surface area contributed by atoms with Crippen LogP contribution < -0.4 is 0 Å². The van der Waals surface area contributed by atoms with Crippen LogP contribution in [0.5, 0.6) is 5.75 Å². The number of aromatic hydroxyl groups is 1. The summed E-state index contributed by atoms with van der Waals surface area (Å²) in [5, 5.41) is 11.3.